The van der Waals surface area contributed by atoms with Gasteiger partial charge < -0.3 is 10.3 Å². The van der Waals surface area contributed by atoms with Crippen molar-refractivity contribution in [2.45, 2.75) is 13.3 Å². The number of aromatic nitrogens is 2. The number of carbonyl (C=O) groups excluding carboxylic acids is 1. The predicted octanol–water partition coefficient (Wildman–Crippen LogP) is 0.473. The maximum atomic E-state index is 10.5. The molecule has 0 unspecified atom stereocenters. The third-order valence-corrected chi connectivity index (χ3v) is 1.68. The molecular weight excluding hydrogens is 156 g/mol. The van der Waals surface area contributed by atoms with E-state index >= 15 is 0 Å². The van der Waals surface area contributed by atoms with Crippen molar-refractivity contribution in [3.8, 4) is 0 Å². The number of amides is 2. The minimum atomic E-state index is -0.591. The summed E-state index contributed by atoms with van der Waals surface area (Å²) >= 11 is 0. The lowest BCUT2D eigenvalue weighted by Crippen LogP contribution is -2.21. The standard InChI is InChI=1S/C7H12N4O/c1-3-5-4-9-7(11(5)2)10-6(8)12/h4H,3H2,1-2H3,(H3,8,9,10,12). The van der Waals surface area contributed by atoms with E-state index < -0.39 is 6.03 Å². The average Bonchev–Trinajstić information content (AvgIpc) is 2.32. The van der Waals surface area contributed by atoms with Crippen LogP contribution in [0.4, 0.5) is 10.7 Å². The lowest BCUT2D eigenvalue weighted by atomic mass is 10.4. The number of aryl methyl sites for hydroxylation is 1. The van der Waals surface area contributed by atoms with Gasteiger partial charge in [0.05, 0.1) is 6.20 Å². The van der Waals surface area contributed by atoms with E-state index in [0.717, 1.165) is 12.1 Å². The van der Waals surface area contributed by atoms with Crippen LogP contribution < -0.4 is 11.1 Å². The molecule has 1 rings (SSSR count). The SMILES string of the molecule is CCc1cnc(NC(N)=O)n1C. The van der Waals surface area contributed by atoms with Crippen molar-refractivity contribution in [1.29, 1.82) is 0 Å². The first kappa shape index (κ1) is 8.58. The fraction of sp³-hybridized carbons (Fsp3) is 0.429. The number of urea groups is 1. The van der Waals surface area contributed by atoms with Crippen molar-refractivity contribution < 1.29 is 4.79 Å². The van der Waals surface area contributed by atoms with Gasteiger partial charge in [-0.2, -0.15) is 0 Å². The largest absolute Gasteiger partial charge is 0.351 e. The van der Waals surface area contributed by atoms with Gasteiger partial charge in [0, 0.05) is 12.7 Å². The van der Waals surface area contributed by atoms with Crippen molar-refractivity contribution in [3.05, 3.63) is 11.9 Å². The zero-order chi connectivity index (χ0) is 9.14. The van der Waals surface area contributed by atoms with Crippen LogP contribution in [0.2, 0.25) is 0 Å². The summed E-state index contributed by atoms with van der Waals surface area (Å²) in [5.74, 6) is 0.486. The summed E-state index contributed by atoms with van der Waals surface area (Å²) < 4.78 is 1.80. The molecule has 0 atom stereocenters. The van der Waals surface area contributed by atoms with Crippen LogP contribution in [0, 0.1) is 0 Å². The minimum absolute atomic E-state index is 0.486. The zero-order valence-corrected chi connectivity index (χ0v) is 7.16. The topological polar surface area (TPSA) is 72.9 Å². The molecule has 12 heavy (non-hydrogen) atoms. The summed E-state index contributed by atoms with van der Waals surface area (Å²) in [7, 11) is 1.83. The molecule has 3 N–H and O–H groups in total. The van der Waals surface area contributed by atoms with E-state index in [9.17, 15) is 4.79 Å². The number of nitrogens with one attached hydrogen (secondary N) is 1. The smallest absolute Gasteiger partial charge is 0.318 e. The highest BCUT2D eigenvalue weighted by Crippen LogP contribution is 2.07. The number of hydrogen-bond donors (Lipinski definition) is 2. The Kier molecular flexibility index (Phi) is 2.32. The van der Waals surface area contributed by atoms with Gasteiger partial charge in [-0.05, 0) is 6.42 Å². The predicted molar refractivity (Wildman–Crippen MR) is 45.8 cm³/mol. The molecule has 1 aromatic rings. The highest BCUT2D eigenvalue weighted by Gasteiger charge is 2.05. The molecule has 1 heterocycles. The van der Waals surface area contributed by atoms with Gasteiger partial charge in [0.25, 0.3) is 0 Å². The van der Waals surface area contributed by atoms with Crippen LogP contribution in [0.15, 0.2) is 6.20 Å². The highest BCUT2D eigenvalue weighted by atomic mass is 16.2. The Hall–Kier alpha value is -1.52. The fourth-order valence-electron chi connectivity index (χ4n) is 1.000. The molecule has 5 heteroatoms. The van der Waals surface area contributed by atoms with Gasteiger partial charge in [-0.3, -0.25) is 5.32 Å². The van der Waals surface area contributed by atoms with Crippen LogP contribution in [0.25, 0.3) is 0 Å². The van der Waals surface area contributed by atoms with Gasteiger partial charge >= 0.3 is 6.03 Å². The van der Waals surface area contributed by atoms with Crippen molar-refractivity contribution in [2.24, 2.45) is 12.8 Å². The number of anilines is 1. The van der Waals surface area contributed by atoms with E-state index in [1.165, 1.54) is 0 Å². The second-order valence-corrected chi connectivity index (χ2v) is 2.47. The number of hydrogen-bond acceptors (Lipinski definition) is 2. The van der Waals surface area contributed by atoms with Crippen molar-refractivity contribution >= 4 is 12.0 Å². The molecule has 0 aromatic carbocycles. The van der Waals surface area contributed by atoms with Gasteiger partial charge in [0.2, 0.25) is 5.95 Å². The third kappa shape index (κ3) is 1.55. The number of nitrogens with zero attached hydrogens (tertiary/aromatic N) is 2. The summed E-state index contributed by atoms with van der Waals surface area (Å²) in [6, 6.07) is -0.591. The molecule has 0 saturated heterocycles. The van der Waals surface area contributed by atoms with E-state index in [2.05, 4.69) is 10.3 Å². The van der Waals surface area contributed by atoms with Gasteiger partial charge in [0.1, 0.15) is 0 Å². The van der Waals surface area contributed by atoms with Gasteiger partial charge in [0.15, 0.2) is 0 Å². The number of carbonyl (C=O) groups is 1. The highest BCUT2D eigenvalue weighted by molar-refractivity contribution is 5.85. The first-order valence-electron chi connectivity index (χ1n) is 3.72. The maximum Gasteiger partial charge on any atom is 0.318 e. The van der Waals surface area contributed by atoms with E-state index in [-0.39, 0.29) is 0 Å². The molecule has 1 aromatic heterocycles. The van der Waals surface area contributed by atoms with Crippen molar-refractivity contribution in [3.63, 3.8) is 0 Å². The lowest BCUT2D eigenvalue weighted by Gasteiger charge is -2.02. The zero-order valence-electron chi connectivity index (χ0n) is 7.16. The molecule has 0 aliphatic heterocycles. The summed E-state index contributed by atoms with van der Waals surface area (Å²) in [4.78, 5) is 14.5. The molecule has 0 spiro atoms. The Labute approximate surface area is 70.6 Å². The van der Waals surface area contributed by atoms with E-state index in [1.54, 1.807) is 10.8 Å². The van der Waals surface area contributed by atoms with Crippen LogP contribution in [0.5, 0.6) is 0 Å². The summed E-state index contributed by atoms with van der Waals surface area (Å²) in [6.07, 6.45) is 2.59. The third-order valence-electron chi connectivity index (χ3n) is 1.68. The molecule has 0 aliphatic rings. The van der Waals surface area contributed by atoms with Crippen molar-refractivity contribution in [1.82, 2.24) is 9.55 Å². The molecule has 2 amide bonds. The quantitative estimate of drug-likeness (QED) is 0.673. The van der Waals surface area contributed by atoms with Crippen LogP contribution in [-0.2, 0) is 13.5 Å². The molecule has 0 saturated carbocycles. The van der Waals surface area contributed by atoms with Crippen molar-refractivity contribution in [2.75, 3.05) is 5.32 Å². The van der Waals surface area contributed by atoms with E-state index in [1.807, 2.05) is 14.0 Å². The van der Waals surface area contributed by atoms with Gasteiger partial charge in [-0.25, -0.2) is 9.78 Å². The van der Waals surface area contributed by atoms with Crippen LogP contribution in [0.3, 0.4) is 0 Å². The Morgan fingerprint density at radius 1 is 1.83 bits per heavy atom. The molecule has 66 valence electrons. The summed E-state index contributed by atoms with van der Waals surface area (Å²) in [6.45, 7) is 2.02. The summed E-state index contributed by atoms with van der Waals surface area (Å²) in [5, 5.41) is 2.42. The monoisotopic (exact) mass is 168 g/mol. The first-order chi connectivity index (χ1) is 5.65. The minimum Gasteiger partial charge on any atom is -0.351 e. The molecular formula is C7H12N4O. The van der Waals surface area contributed by atoms with Gasteiger partial charge in [-0.1, -0.05) is 6.92 Å². The second-order valence-electron chi connectivity index (χ2n) is 2.47. The molecule has 0 radical (unpaired) electrons. The Balaban J connectivity index is 2.87. The fourth-order valence-corrected chi connectivity index (χ4v) is 1.000. The Morgan fingerprint density at radius 2 is 2.50 bits per heavy atom. The molecule has 0 bridgehead atoms. The average molecular weight is 168 g/mol. The number of primary amides is 1. The maximum absolute atomic E-state index is 10.5. The van der Waals surface area contributed by atoms with Crippen LogP contribution >= 0.6 is 0 Å². The van der Waals surface area contributed by atoms with Gasteiger partial charge in [-0.15, -0.1) is 0 Å². The lowest BCUT2D eigenvalue weighted by molar-refractivity contribution is 0.259. The van der Waals surface area contributed by atoms with Crippen LogP contribution in [0.1, 0.15) is 12.6 Å². The second kappa shape index (κ2) is 3.25. The number of rotatable bonds is 2. The number of imidazole rings is 1. The van der Waals surface area contributed by atoms with E-state index in [4.69, 9.17) is 5.73 Å². The molecule has 0 fully saturated rings. The molecule has 5 nitrogen and oxygen atoms in total. The van der Waals surface area contributed by atoms with E-state index in [0.29, 0.717) is 5.95 Å². The Morgan fingerprint density at radius 3 is 2.92 bits per heavy atom. The van der Waals surface area contributed by atoms with Crippen LogP contribution in [-0.4, -0.2) is 15.6 Å². The Bertz CT molecular complexity index is 292. The number of nitrogens with two attached hydrogens (primary N) is 1. The first-order valence-corrected chi connectivity index (χ1v) is 3.72. The summed E-state index contributed by atoms with van der Waals surface area (Å²) in [5.41, 5.74) is 6.00. The molecule has 0 aliphatic carbocycles. The normalized spacial score (nSPS) is 9.83.